The first kappa shape index (κ1) is 14.4. The van der Waals surface area contributed by atoms with Gasteiger partial charge >= 0.3 is 0 Å². The van der Waals surface area contributed by atoms with E-state index in [0.717, 1.165) is 22.2 Å². The fourth-order valence-corrected chi connectivity index (χ4v) is 2.55. The molecule has 0 spiro atoms. The van der Waals surface area contributed by atoms with E-state index in [1.54, 1.807) is 0 Å². The van der Waals surface area contributed by atoms with E-state index in [0.29, 0.717) is 23.1 Å². The molecule has 3 heterocycles. The number of nitrogens with zero attached hydrogens (tertiary/aromatic N) is 4. The van der Waals surface area contributed by atoms with Crippen molar-refractivity contribution in [2.75, 3.05) is 5.43 Å². The molecule has 0 bridgehead atoms. The third kappa shape index (κ3) is 2.50. The van der Waals surface area contributed by atoms with E-state index in [4.69, 9.17) is 4.42 Å². The van der Waals surface area contributed by atoms with Gasteiger partial charge in [-0.1, -0.05) is 11.6 Å². The van der Waals surface area contributed by atoms with Crippen molar-refractivity contribution < 1.29 is 4.42 Å². The summed E-state index contributed by atoms with van der Waals surface area (Å²) < 4.78 is 5.52. The van der Waals surface area contributed by atoms with Gasteiger partial charge in [-0.3, -0.25) is 0 Å². The van der Waals surface area contributed by atoms with Crippen LogP contribution in [0, 0.1) is 13.8 Å². The minimum absolute atomic E-state index is 0.327. The molecule has 0 aliphatic carbocycles. The van der Waals surface area contributed by atoms with Gasteiger partial charge in [-0.2, -0.15) is 10.1 Å². The summed E-state index contributed by atoms with van der Waals surface area (Å²) in [7, 11) is 0. The van der Waals surface area contributed by atoms with E-state index in [1.807, 2.05) is 45.0 Å². The molecule has 0 radical (unpaired) electrons. The predicted octanol–water partition coefficient (Wildman–Crippen LogP) is 3.55. The van der Waals surface area contributed by atoms with Crippen molar-refractivity contribution in [1.29, 1.82) is 0 Å². The van der Waals surface area contributed by atoms with E-state index in [2.05, 4.69) is 36.8 Å². The highest BCUT2D eigenvalue weighted by Crippen LogP contribution is 2.23. The van der Waals surface area contributed by atoms with Gasteiger partial charge in [0, 0.05) is 10.9 Å². The summed E-state index contributed by atoms with van der Waals surface area (Å²) >= 11 is 0. The Morgan fingerprint density at radius 1 is 1.17 bits per heavy atom. The maximum atomic E-state index is 5.52. The van der Waals surface area contributed by atoms with Gasteiger partial charge in [0.2, 0.25) is 0 Å². The molecule has 120 valence electrons. The summed E-state index contributed by atoms with van der Waals surface area (Å²) in [5.74, 6) is 1.87. The molecule has 24 heavy (non-hydrogen) atoms. The molecule has 0 saturated heterocycles. The maximum Gasteiger partial charge on any atom is 0.265 e. The molecule has 7 heteroatoms. The van der Waals surface area contributed by atoms with Crippen LogP contribution in [0.3, 0.4) is 0 Å². The van der Waals surface area contributed by atoms with Gasteiger partial charge in [0.15, 0.2) is 5.65 Å². The molecule has 0 unspecified atom stereocenters. The molecule has 4 aromatic rings. The number of rotatable bonds is 3. The van der Waals surface area contributed by atoms with Gasteiger partial charge in [0.25, 0.3) is 5.95 Å². The molecule has 1 aromatic carbocycles. The van der Waals surface area contributed by atoms with Crippen molar-refractivity contribution in [2.24, 2.45) is 5.10 Å². The fraction of sp³-hybridized carbons (Fsp3) is 0.176. The molecule has 0 saturated carbocycles. The van der Waals surface area contributed by atoms with Crippen LogP contribution in [0.5, 0.6) is 0 Å². The second-order valence-electron chi connectivity index (χ2n) is 5.73. The standard InChI is InChI=1S/C17H16N6O/c1-9-4-6-13-12(8-9)15-16(18-13)19-17(23-21-15)22-20-11(3)14-7-5-10(2)24-14/h4-8H,1-3H3,(H2,18,19,22,23). The average Bonchev–Trinajstić information content (AvgIpc) is 3.15. The Labute approximate surface area is 137 Å². The van der Waals surface area contributed by atoms with Crippen LogP contribution < -0.4 is 5.43 Å². The number of hydrogen-bond acceptors (Lipinski definition) is 6. The number of furan rings is 1. The molecule has 0 atom stereocenters. The van der Waals surface area contributed by atoms with Crippen molar-refractivity contribution in [2.45, 2.75) is 20.8 Å². The third-order valence-corrected chi connectivity index (χ3v) is 3.79. The second kappa shape index (κ2) is 5.45. The van der Waals surface area contributed by atoms with Gasteiger partial charge in [0.05, 0.1) is 0 Å². The molecule has 3 aromatic heterocycles. The van der Waals surface area contributed by atoms with Crippen molar-refractivity contribution >= 4 is 33.7 Å². The molecule has 0 aliphatic heterocycles. The number of nitrogens with one attached hydrogen (secondary N) is 2. The van der Waals surface area contributed by atoms with Gasteiger partial charge in [-0.25, -0.2) is 5.43 Å². The monoisotopic (exact) mass is 320 g/mol. The number of fused-ring (bicyclic) bond motifs is 3. The summed E-state index contributed by atoms with van der Waals surface area (Å²) in [6.45, 7) is 5.79. The second-order valence-corrected chi connectivity index (χ2v) is 5.73. The first-order chi connectivity index (χ1) is 11.6. The molecule has 0 amide bonds. The molecule has 0 fully saturated rings. The van der Waals surface area contributed by atoms with Gasteiger partial charge in [0.1, 0.15) is 22.7 Å². The largest absolute Gasteiger partial charge is 0.460 e. The number of aromatic amines is 1. The van der Waals surface area contributed by atoms with Gasteiger partial charge < -0.3 is 9.40 Å². The van der Waals surface area contributed by atoms with Gasteiger partial charge in [-0.05, 0) is 45.0 Å². The molecule has 0 aliphatic rings. The Morgan fingerprint density at radius 2 is 2.04 bits per heavy atom. The molecule has 2 N–H and O–H groups in total. The lowest BCUT2D eigenvalue weighted by molar-refractivity contribution is 0.525. The zero-order valence-electron chi connectivity index (χ0n) is 13.6. The molecular formula is C17H16N6O. The SMILES string of the molecule is CC(=NNc1nnc2c(n1)[nH]c1ccc(C)cc12)c1ccc(C)o1. The highest BCUT2D eigenvalue weighted by Gasteiger charge is 2.09. The van der Waals surface area contributed by atoms with Crippen molar-refractivity contribution in [3.05, 3.63) is 47.4 Å². The summed E-state index contributed by atoms with van der Waals surface area (Å²) in [6, 6.07) is 9.90. The first-order valence-electron chi connectivity index (χ1n) is 7.60. The van der Waals surface area contributed by atoms with Crippen LogP contribution in [-0.4, -0.2) is 25.9 Å². The molecule has 4 rings (SSSR count). The summed E-state index contributed by atoms with van der Waals surface area (Å²) in [5, 5.41) is 13.6. The topological polar surface area (TPSA) is 92.0 Å². The zero-order chi connectivity index (χ0) is 16.7. The fourth-order valence-electron chi connectivity index (χ4n) is 2.55. The summed E-state index contributed by atoms with van der Waals surface area (Å²) in [6.07, 6.45) is 0. The van der Waals surface area contributed by atoms with E-state index in [1.165, 1.54) is 5.56 Å². The maximum absolute atomic E-state index is 5.52. The van der Waals surface area contributed by atoms with Crippen LogP contribution in [0.4, 0.5) is 5.95 Å². The minimum atomic E-state index is 0.327. The lowest BCUT2D eigenvalue weighted by Crippen LogP contribution is -2.02. The number of anilines is 1. The molecular weight excluding hydrogens is 304 g/mol. The van der Waals surface area contributed by atoms with Crippen LogP contribution in [0.2, 0.25) is 0 Å². The Hall–Kier alpha value is -3.22. The van der Waals surface area contributed by atoms with Crippen LogP contribution >= 0.6 is 0 Å². The number of aryl methyl sites for hydroxylation is 2. The minimum Gasteiger partial charge on any atom is -0.460 e. The van der Waals surface area contributed by atoms with Crippen LogP contribution in [-0.2, 0) is 0 Å². The summed E-state index contributed by atoms with van der Waals surface area (Å²) in [5.41, 5.74) is 7.11. The Kier molecular flexibility index (Phi) is 3.26. The Balaban J connectivity index is 1.66. The van der Waals surface area contributed by atoms with E-state index < -0.39 is 0 Å². The lowest BCUT2D eigenvalue weighted by atomic mass is 10.2. The normalized spacial score (nSPS) is 12.2. The predicted molar refractivity (Wildman–Crippen MR) is 93.2 cm³/mol. The number of benzene rings is 1. The van der Waals surface area contributed by atoms with E-state index >= 15 is 0 Å². The first-order valence-corrected chi connectivity index (χ1v) is 7.60. The average molecular weight is 320 g/mol. The van der Waals surface area contributed by atoms with Crippen molar-refractivity contribution in [3.8, 4) is 0 Å². The van der Waals surface area contributed by atoms with Crippen LogP contribution in [0.15, 0.2) is 39.9 Å². The van der Waals surface area contributed by atoms with E-state index in [9.17, 15) is 0 Å². The van der Waals surface area contributed by atoms with Crippen LogP contribution in [0.1, 0.15) is 24.0 Å². The highest BCUT2D eigenvalue weighted by atomic mass is 16.3. The number of hydrazone groups is 1. The van der Waals surface area contributed by atoms with Crippen molar-refractivity contribution in [1.82, 2.24) is 20.2 Å². The third-order valence-electron chi connectivity index (χ3n) is 3.79. The number of aromatic nitrogens is 4. The van der Waals surface area contributed by atoms with E-state index in [-0.39, 0.29) is 0 Å². The molecule has 7 nitrogen and oxygen atoms in total. The number of hydrogen-bond donors (Lipinski definition) is 2. The van der Waals surface area contributed by atoms with Crippen molar-refractivity contribution in [3.63, 3.8) is 0 Å². The quantitative estimate of drug-likeness (QED) is 0.445. The highest BCUT2D eigenvalue weighted by molar-refractivity contribution is 6.03. The Morgan fingerprint density at radius 3 is 2.83 bits per heavy atom. The lowest BCUT2D eigenvalue weighted by Gasteiger charge is -1.99. The number of H-pyrrole nitrogens is 1. The smallest absolute Gasteiger partial charge is 0.265 e. The zero-order valence-corrected chi connectivity index (χ0v) is 13.6. The summed E-state index contributed by atoms with van der Waals surface area (Å²) in [4.78, 5) is 7.68. The van der Waals surface area contributed by atoms with Crippen LogP contribution in [0.25, 0.3) is 22.1 Å². The van der Waals surface area contributed by atoms with Gasteiger partial charge in [-0.15, -0.1) is 10.2 Å². The Bertz CT molecular complexity index is 1080.